The Hall–Kier alpha value is -1.00. The lowest BCUT2D eigenvalue weighted by atomic mass is 10.1. The third-order valence-corrected chi connectivity index (χ3v) is 4.36. The van der Waals surface area contributed by atoms with Crippen molar-refractivity contribution in [2.24, 2.45) is 0 Å². The van der Waals surface area contributed by atoms with Crippen molar-refractivity contribution >= 4 is 29.2 Å². The molecule has 1 fully saturated rings. The van der Waals surface area contributed by atoms with Crippen molar-refractivity contribution in [3.05, 3.63) is 33.6 Å². The molecule has 0 spiro atoms. The summed E-state index contributed by atoms with van der Waals surface area (Å²) in [4.78, 5) is 14.1. The number of nitrogens with one attached hydrogen (secondary N) is 1. The Kier molecular flexibility index (Phi) is 5.71. The van der Waals surface area contributed by atoms with Crippen molar-refractivity contribution in [2.75, 3.05) is 13.1 Å². The summed E-state index contributed by atoms with van der Waals surface area (Å²) in [6.45, 7) is 3.31. The topological polar surface area (TPSA) is 32.3 Å². The van der Waals surface area contributed by atoms with Gasteiger partial charge in [-0.15, -0.1) is 0 Å². The molecule has 21 heavy (non-hydrogen) atoms. The van der Waals surface area contributed by atoms with Crippen LogP contribution in [0, 0.1) is 5.82 Å². The van der Waals surface area contributed by atoms with E-state index in [1.165, 1.54) is 12.1 Å². The monoisotopic (exact) mass is 332 g/mol. The normalized spacial score (nSPS) is 17.2. The van der Waals surface area contributed by atoms with E-state index in [0.717, 1.165) is 38.8 Å². The van der Waals surface area contributed by atoms with Gasteiger partial charge in [-0.25, -0.2) is 9.18 Å². The molecule has 1 saturated heterocycles. The molecule has 0 radical (unpaired) electrons. The number of rotatable bonds is 2. The molecule has 1 unspecified atom stereocenters. The first-order chi connectivity index (χ1) is 9.99. The standard InChI is InChI=1S/C15H19Cl2FN2O/c1-10(11-8-14(18)13(17)9-12(11)16)19-15(21)20-6-4-2-3-5-7-20/h8-10H,2-7H2,1H3,(H,19,21). The molecule has 2 rings (SSSR count). The molecule has 2 amide bonds. The number of carbonyl (C=O) groups is 1. The molecule has 1 aromatic carbocycles. The van der Waals surface area contributed by atoms with Gasteiger partial charge in [0.05, 0.1) is 11.1 Å². The average molecular weight is 333 g/mol. The van der Waals surface area contributed by atoms with Gasteiger partial charge < -0.3 is 10.2 Å². The molecule has 1 heterocycles. The Morgan fingerprint density at radius 3 is 2.43 bits per heavy atom. The SMILES string of the molecule is CC(NC(=O)N1CCCCCC1)c1cc(F)c(Cl)cc1Cl. The second-order valence-electron chi connectivity index (χ2n) is 5.36. The molecule has 0 saturated carbocycles. The maximum atomic E-state index is 13.6. The summed E-state index contributed by atoms with van der Waals surface area (Å²) >= 11 is 11.8. The maximum Gasteiger partial charge on any atom is 0.317 e. The first-order valence-electron chi connectivity index (χ1n) is 7.19. The molecule has 1 atom stereocenters. The summed E-state index contributed by atoms with van der Waals surface area (Å²) < 4.78 is 13.6. The zero-order chi connectivity index (χ0) is 15.4. The van der Waals surface area contributed by atoms with Gasteiger partial charge in [0.2, 0.25) is 0 Å². The van der Waals surface area contributed by atoms with Gasteiger partial charge in [-0.2, -0.15) is 0 Å². The Bertz CT molecular complexity index is 517. The second-order valence-corrected chi connectivity index (χ2v) is 6.17. The van der Waals surface area contributed by atoms with Gasteiger partial charge in [0, 0.05) is 18.1 Å². The fraction of sp³-hybridized carbons (Fsp3) is 0.533. The van der Waals surface area contributed by atoms with Crippen molar-refractivity contribution in [2.45, 2.75) is 38.6 Å². The van der Waals surface area contributed by atoms with Gasteiger partial charge in [-0.1, -0.05) is 36.0 Å². The minimum atomic E-state index is -0.535. The van der Waals surface area contributed by atoms with Crippen LogP contribution >= 0.6 is 23.2 Å². The zero-order valence-electron chi connectivity index (χ0n) is 12.0. The third-order valence-electron chi connectivity index (χ3n) is 3.74. The molecule has 1 aliphatic heterocycles. The van der Waals surface area contributed by atoms with E-state index < -0.39 is 5.82 Å². The van der Waals surface area contributed by atoms with Crippen LogP contribution in [0.2, 0.25) is 10.0 Å². The summed E-state index contributed by atoms with van der Waals surface area (Å²) in [6, 6.07) is 2.14. The summed E-state index contributed by atoms with van der Waals surface area (Å²) in [5, 5.41) is 3.21. The van der Waals surface area contributed by atoms with Crippen molar-refractivity contribution in [3.63, 3.8) is 0 Å². The van der Waals surface area contributed by atoms with E-state index in [1.807, 2.05) is 4.90 Å². The minimum Gasteiger partial charge on any atom is -0.331 e. The number of nitrogens with zero attached hydrogens (tertiary/aromatic N) is 1. The predicted octanol–water partition coefficient (Wildman–Crippen LogP) is 4.78. The average Bonchev–Trinajstić information content (AvgIpc) is 2.71. The zero-order valence-corrected chi connectivity index (χ0v) is 13.5. The van der Waals surface area contributed by atoms with E-state index in [1.54, 1.807) is 6.92 Å². The molecule has 1 aliphatic rings. The second kappa shape index (κ2) is 7.32. The number of carbonyl (C=O) groups excluding carboxylic acids is 1. The van der Waals surface area contributed by atoms with Gasteiger partial charge in [0.15, 0.2) is 0 Å². The first-order valence-corrected chi connectivity index (χ1v) is 7.94. The van der Waals surface area contributed by atoms with Crippen LogP contribution in [0.3, 0.4) is 0 Å². The highest BCUT2D eigenvalue weighted by atomic mass is 35.5. The van der Waals surface area contributed by atoms with Gasteiger partial charge in [-0.05, 0) is 37.5 Å². The Balaban J connectivity index is 2.05. The van der Waals surface area contributed by atoms with Crippen molar-refractivity contribution < 1.29 is 9.18 Å². The van der Waals surface area contributed by atoms with Gasteiger partial charge in [0.25, 0.3) is 0 Å². The maximum absolute atomic E-state index is 13.6. The predicted molar refractivity (Wildman–Crippen MR) is 83.4 cm³/mol. The molecule has 3 nitrogen and oxygen atoms in total. The van der Waals surface area contributed by atoms with Gasteiger partial charge >= 0.3 is 6.03 Å². The van der Waals surface area contributed by atoms with Crippen LogP contribution in [0.4, 0.5) is 9.18 Å². The molecular formula is C15H19Cl2FN2O. The van der Waals surface area contributed by atoms with Crippen molar-refractivity contribution in [1.29, 1.82) is 0 Å². The van der Waals surface area contributed by atoms with Crippen LogP contribution in [0.5, 0.6) is 0 Å². The van der Waals surface area contributed by atoms with E-state index in [-0.39, 0.29) is 17.1 Å². The Morgan fingerprint density at radius 2 is 1.81 bits per heavy atom. The van der Waals surface area contributed by atoms with Gasteiger partial charge in [0.1, 0.15) is 5.82 Å². The lowest BCUT2D eigenvalue weighted by molar-refractivity contribution is 0.196. The van der Waals surface area contributed by atoms with Crippen LogP contribution in [0.25, 0.3) is 0 Å². The number of hydrogen-bond acceptors (Lipinski definition) is 1. The van der Waals surface area contributed by atoms with Crippen LogP contribution in [0.1, 0.15) is 44.2 Å². The molecule has 116 valence electrons. The summed E-state index contributed by atoms with van der Waals surface area (Å²) in [5.74, 6) is -0.535. The summed E-state index contributed by atoms with van der Waals surface area (Å²) in [7, 11) is 0. The van der Waals surface area contributed by atoms with E-state index in [2.05, 4.69) is 5.32 Å². The minimum absolute atomic E-state index is 0.0187. The number of amides is 2. The highest BCUT2D eigenvalue weighted by Gasteiger charge is 2.20. The summed E-state index contributed by atoms with van der Waals surface area (Å²) in [5.41, 5.74) is 0.529. The number of benzene rings is 1. The van der Waals surface area contributed by atoms with Crippen LogP contribution in [-0.4, -0.2) is 24.0 Å². The number of urea groups is 1. The van der Waals surface area contributed by atoms with E-state index in [4.69, 9.17) is 23.2 Å². The molecule has 1 N–H and O–H groups in total. The quantitative estimate of drug-likeness (QED) is 0.776. The number of likely N-dealkylation sites (tertiary alicyclic amines) is 1. The Morgan fingerprint density at radius 1 is 1.19 bits per heavy atom. The van der Waals surface area contributed by atoms with Crippen LogP contribution < -0.4 is 5.32 Å². The highest BCUT2D eigenvalue weighted by molar-refractivity contribution is 6.35. The molecule has 6 heteroatoms. The van der Waals surface area contributed by atoms with Crippen molar-refractivity contribution in [1.82, 2.24) is 10.2 Å². The lowest BCUT2D eigenvalue weighted by Crippen LogP contribution is -2.41. The largest absolute Gasteiger partial charge is 0.331 e. The number of hydrogen-bond donors (Lipinski definition) is 1. The first kappa shape index (κ1) is 16.4. The fourth-order valence-corrected chi connectivity index (χ4v) is 3.04. The molecule has 0 aromatic heterocycles. The number of halogens is 3. The van der Waals surface area contributed by atoms with E-state index in [0.29, 0.717) is 10.6 Å². The molecular weight excluding hydrogens is 314 g/mol. The molecule has 0 bridgehead atoms. The van der Waals surface area contributed by atoms with Gasteiger partial charge in [-0.3, -0.25) is 0 Å². The van der Waals surface area contributed by atoms with E-state index >= 15 is 0 Å². The Labute approximate surface area is 134 Å². The molecule has 1 aromatic rings. The smallest absolute Gasteiger partial charge is 0.317 e. The fourth-order valence-electron chi connectivity index (χ4n) is 2.50. The van der Waals surface area contributed by atoms with Crippen LogP contribution in [0.15, 0.2) is 12.1 Å². The third kappa shape index (κ3) is 4.24. The van der Waals surface area contributed by atoms with Crippen LogP contribution in [-0.2, 0) is 0 Å². The summed E-state index contributed by atoms with van der Waals surface area (Å²) in [6.07, 6.45) is 4.37. The highest BCUT2D eigenvalue weighted by Crippen LogP contribution is 2.28. The van der Waals surface area contributed by atoms with E-state index in [9.17, 15) is 9.18 Å². The van der Waals surface area contributed by atoms with Crippen molar-refractivity contribution in [3.8, 4) is 0 Å². The lowest BCUT2D eigenvalue weighted by Gasteiger charge is -2.24. The molecule has 0 aliphatic carbocycles.